The van der Waals surface area contributed by atoms with Gasteiger partial charge in [-0.2, -0.15) is 9.50 Å². The van der Waals surface area contributed by atoms with Gasteiger partial charge in [0.2, 0.25) is 5.95 Å². The van der Waals surface area contributed by atoms with Crippen molar-refractivity contribution >= 4 is 11.7 Å². The number of hydrogen-bond acceptors (Lipinski definition) is 9. The molecule has 0 atom stereocenters. The molecule has 4 aromatic heterocycles. The SMILES string of the molecule is Cc1c(-c2ccnc(N3CCOCC3)n2)nnc2nc(-c3ccncc3)nn12. The lowest BCUT2D eigenvalue weighted by atomic mass is 10.2. The summed E-state index contributed by atoms with van der Waals surface area (Å²) in [6.45, 7) is 4.82. The molecule has 5 heterocycles. The van der Waals surface area contributed by atoms with Gasteiger partial charge in [-0.1, -0.05) is 0 Å². The van der Waals surface area contributed by atoms with Crippen molar-refractivity contribution in [1.29, 1.82) is 0 Å². The van der Waals surface area contributed by atoms with Crippen LogP contribution in [-0.4, -0.2) is 66.1 Å². The van der Waals surface area contributed by atoms with E-state index < -0.39 is 0 Å². The molecule has 0 spiro atoms. The molecule has 0 aliphatic carbocycles. The zero-order valence-electron chi connectivity index (χ0n) is 15.2. The molecule has 1 fully saturated rings. The molecule has 10 nitrogen and oxygen atoms in total. The Bertz CT molecular complexity index is 1120. The fraction of sp³-hybridized carbons (Fsp3) is 0.278. The zero-order chi connectivity index (χ0) is 18.9. The van der Waals surface area contributed by atoms with Crippen molar-refractivity contribution in [2.45, 2.75) is 6.92 Å². The van der Waals surface area contributed by atoms with Crippen LogP contribution in [-0.2, 0) is 4.74 Å². The summed E-state index contributed by atoms with van der Waals surface area (Å²) < 4.78 is 7.09. The van der Waals surface area contributed by atoms with Gasteiger partial charge >= 0.3 is 0 Å². The quantitative estimate of drug-likeness (QED) is 0.521. The summed E-state index contributed by atoms with van der Waals surface area (Å²) in [6, 6.07) is 5.54. The molecule has 0 saturated carbocycles. The fourth-order valence-corrected chi connectivity index (χ4v) is 3.12. The maximum Gasteiger partial charge on any atom is 0.272 e. The van der Waals surface area contributed by atoms with Gasteiger partial charge < -0.3 is 9.64 Å². The molecule has 5 rings (SSSR count). The van der Waals surface area contributed by atoms with Gasteiger partial charge in [0.25, 0.3) is 5.78 Å². The average molecular weight is 375 g/mol. The minimum Gasteiger partial charge on any atom is -0.378 e. The maximum atomic E-state index is 5.40. The van der Waals surface area contributed by atoms with E-state index in [0.717, 1.165) is 24.3 Å². The smallest absolute Gasteiger partial charge is 0.272 e. The van der Waals surface area contributed by atoms with Crippen molar-refractivity contribution in [3.63, 3.8) is 0 Å². The van der Waals surface area contributed by atoms with Crippen LogP contribution in [0.1, 0.15) is 5.69 Å². The minimum atomic E-state index is 0.440. The molecule has 0 aromatic carbocycles. The Morgan fingerprint density at radius 2 is 1.79 bits per heavy atom. The van der Waals surface area contributed by atoms with E-state index in [2.05, 4.69) is 40.1 Å². The van der Waals surface area contributed by atoms with E-state index in [0.29, 0.717) is 42.2 Å². The predicted molar refractivity (Wildman–Crippen MR) is 101 cm³/mol. The number of aromatic nitrogens is 8. The van der Waals surface area contributed by atoms with E-state index in [1.54, 1.807) is 23.1 Å². The summed E-state index contributed by atoms with van der Waals surface area (Å²) in [5, 5.41) is 13.2. The number of anilines is 1. The molecule has 28 heavy (non-hydrogen) atoms. The highest BCUT2D eigenvalue weighted by atomic mass is 16.5. The van der Waals surface area contributed by atoms with Gasteiger partial charge in [-0.25, -0.2) is 9.97 Å². The molecule has 4 aromatic rings. The summed E-state index contributed by atoms with van der Waals surface area (Å²) in [4.78, 5) is 19.7. The molecular formula is C18H17N9O. The first kappa shape index (κ1) is 16.6. The standard InChI is InChI=1S/C18H17N9O/c1-12-15(14-4-7-20-17(21-14)26-8-10-28-11-9-26)23-24-18-22-16(25-27(12)18)13-2-5-19-6-3-13/h2-7H,8-11H2,1H3. The molecular weight excluding hydrogens is 358 g/mol. The van der Waals surface area contributed by atoms with Crippen LogP contribution in [0.2, 0.25) is 0 Å². The third kappa shape index (κ3) is 2.93. The molecule has 1 saturated heterocycles. The number of hydrogen-bond donors (Lipinski definition) is 0. The highest BCUT2D eigenvalue weighted by Crippen LogP contribution is 2.22. The number of fused-ring (bicyclic) bond motifs is 1. The number of rotatable bonds is 3. The average Bonchev–Trinajstić information content (AvgIpc) is 3.21. The van der Waals surface area contributed by atoms with Crippen LogP contribution in [0.4, 0.5) is 5.95 Å². The zero-order valence-corrected chi connectivity index (χ0v) is 15.2. The van der Waals surface area contributed by atoms with Crippen molar-refractivity contribution in [3.05, 3.63) is 42.5 Å². The Kier molecular flexibility index (Phi) is 4.09. The van der Waals surface area contributed by atoms with Crippen LogP contribution < -0.4 is 4.90 Å². The van der Waals surface area contributed by atoms with Gasteiger partial charge in [0.05, 0.1) is 24.6 Å². The first-order chi connectivity index (χ1) is 13.8. The Morgan fingerprint density at radius 1 is 0.964 bits per heavy atom. The highest BCUT2D eigenvalue weighted by molar-refractivity contribution is 5.61. The van der Waals surface area contributed by atoms with Crippen molar-refractivity contribution in [2.75, 3.05) is 31.2 Å². The lowest BCUT2D eigenvalue weighted by molar-refractivity contribution is 0.122. The second-order valence-corrected chi connectivity index (χ2v) is 6.36. The molecule has 0 bridgehead atoms. The molecule has 0 unspecified atom stereocenters. The Labute approximate surface area is 160 Å². The van der Waals surface area contributed by atoms with Crippen molar-refractivity contribution in [1.82, 2.24) is 39.7 Å². The van der Waals surface area contributed by atoms with Gasteiger partial charge in [-0.3, -0.25) is 4.98 Å². The van der Waals surface area contributed by atoms with Gasteiger partial charge in [-0.05, 0) is 25.1 Å². The first-order valence-electron chi connectivity index (χ1n) is 8.96. The highest BCUT2D eigenvalue weighted by Gasteiger charge is 2.18. The monoisotopic (exact) mass is 375 g/mol. The molecule has 0 N–H and O–H groups in total. The van der Waals surface area contributed by atoms with Gasteiger partial charge in [0, 0.05) is 37.2 Å². The van der Waals surface area contributed by atoms with Crippen LogP contribution in [0.25, 0.3) is 28.6 Å². The molecule has 1 aliphatic heterocycles. The Morgan fingerprint density at radius 3 is 2.61 bits per heavy atom. The lowest BCUT2D eigenvalue weighted by Crippen LogP contribution is -2.37. The van der Waals surface area contributed by atoms with E-state index in [-0.39, 0.29) is 0 Å². The molecule has 1 aliphatic rings. The van der Waals surface area contributed by atoms with Gasteiger partial charge in [-0.15, -0.1) is 15.3 Å². The Hall–Kier alpha value is -3.53. The molecule has 0 radical (unpaired) electrons. The maximum absolute atomic E-state index is 5.40. The molecule has 140 valence electrons. The minimum absolute atomic E-state index is 0.440. The Balaban J connectivity index is 1.55. The molecule has 0 amide bonds. The van der Waals surface area contributed by atoms with Gasteiger partial charge in [0.15, 0.2) is 5.82 Å². The van der Waals surface area contributed by atoms with E-state index in [9.17, 15) is 0 Å². The molecule has 10 heteroatoms. The van der Waals surface area contributed by atoms with Crippen molar-refractivity contribution in [3.8, 4) is 22.8 Å². The number of morpholine rings is 1. The predicted octanol–water partition coefficient (Wildman–Crippen LogP) is 1.18. The van der Waals surface area contributed by atoms with E-state index in [1.807, 2.05) is 25.1 Å². The summed E-state index contributed by atoms with van der Waals surface area (Å²) in [5.74, 6) is 1.68. The fourth-order valence-electron chi connectivity index (χ4n) is 3.12. The third-order valence-corrected chi connectivity index (χ3v) is 4.61. The van der Waals surface area contributed by atoms with E-state index >= 15 is 0 Å². The number of pyridine rings is 1. The van der Waals surface area contributed by atoms with Crippen LogP contribution >= 0.6 is 0 Å². The largest absolute Gasteiger partial charge is 0.378 e. The topological polar surface area (TPSA) is 107 Å². The van der Waals surface area contributed by atoms with Crippen LogP contribution in [0, 0.1) is 6.92 Å². The van der Waals surface area contributed by atoms with Crippen LogP contribution in [0.15, 0.2) is 36.8 Å². The second kappa shape index (κ2) is 6.89. The second-order valence-electron chi connectivity index (χ2n) is 6.36. The number of nitrogens with zero attached hydrogens (tertiary/aromatic N) is 9. The normalized spacial score (nSPS) is 14.5. The van der Waals surface area contributed by atoms with Crippen molar-refractivity contribution < 1.29 is 4.74 Å². The van der Waals surface area contributed by atoms with E-state index in [4.69, 9.17) is 4.74 Å². The summed E-state index contributed by atoms with van der Waals surface area (Å²) in [7, 11) is 0. The summed E-state index contributed by atoms with van der Waals surface area (Å²) >= 11 is 0. The van der Waals surface area contributed by atoms with E-state index in [1.165, 1.54) is 0 Å². The third-order valence-electron chi connectivity index (χ3n) is 4.61. The number of aryl methyl sites for hydroxylation is 1. The lowest BCUT2D eigenvalue weighted by Gasteiger charge is -2.26. The van der Waals surface area contributed by atoms with Crippen LogP contribution in [0.3, 0.4) is 0 Å². The van der Waals surface area contributed by atoms with Gasteiger partial charge in [0.1, 0.15) is 5.69 Å². The first-order valence-corrected chi connectivity index (χ1v) is 8.96. The summed E-state index contributed by atoms with van der Waals surface area (Å²) in [6.07, 6.45) is 5.15. The number of ether oxygens (including phenoxy) is 1. The summed E-state index contributed by atoms with van der Waals surface area (Å²) in [5.41, 5.74) is 3.03. The van der Waals surface area contributed by atoms with Crippen molar-refractivity contribution in [2.24, 2.45) is 0 Å². The van der Waals surface area contributed by atoms with Crippen LogP contribution in [0.5, 0.6) is 0 Å².